The Balaban J connectivity index is 2.25. The lowest BCUT2D eigenvalue weighted by Gasteiger charge is -2.15. The van der Waals surface area contributed by atoms with Crippen molar-refractivity contribution in [3.05, 3.63) is 58.1 Å². The van der Waals surface area contributed by atoms with Gasteiger partial charge in [0, 0.05) is 16.7 Å². The Morgan fingerprint density at radius 3 is 2.76 bits per heavy atom. The summed E-state index contributed by atoms with van der Waals surface area (Å²) in [6, 6.07) is 12.5. The van der Waals surface area contributed by atoms with E-state index in [0.717, 1.165) is 5.56 Å². The van der Waals surface area contributed by atoms with Gasteiger partial charge in [0.05, 0.1) is 25.3 Å². The molecule has 2 rings (SSSR count). The lowest BCUT2D eigenvalue weighted by Crippen LogP contribution is -2.01. The van der Waals surface area contributed by atoms with Gasteiger partial charge in [-0.05, 0) is 23.8 Å². The summed E-state index contributed by atoms with van der Waals surface area (Å²) in [4.78, 5) is 0. The van der Waals surface area contributed by atoms with Gasteiger partial charge in [0.2, 0.25) is 0 Å². The monoisotopic (exact) mass is 303 g/mol. The lowest BCUT2D eigenvalue weighted by molar-refractivity contribution is 0.250. The Morgan fingerprint density at radius 2 is 2.10 bits per heavy atom. The molecule has 0 bridgehead atoms. The highest BCUT2D eigenvalue weighted by atomic mass is 35.5. The van der Waals surface area contributed by atoms with E-state index < -0.39 is 0 Å². The SMILES string of the molecule is COc1cc(Cl)cc(CO)c1OCc1cccc(C#N)c1. The molecule has 0 atom stereocenters. The zero-order valence-corrected chi connectivity index (χ0v) is 12.2. The van der Waals surface area contributed by atoms with Crippen LogP contribution in [0.1, 0.15) is 16.7 Å². The highest BCUT2D eigenvalue weighted by Gasteiger charge is 2.12. The van der Waals surface area contributed by atoms with Crippen molar-refractivity contribution in [3.63, 3.8) is 0 Å². The molecular formula is C16H14ClNO3. The Morgan fingerprint density at radius 1 is 1.29 bits per heavy atom. The van der Waals surface area contributed by atoms with Crippen LogP contribution in [0.25, 0.3) is 0 Å². The minimum Gasteiger partial charge on any atom is -0.493 e. The molecule has 0 saturated heterocycles. The maximum atomic E-state index is 9.40. The van der Waals surface area contributed by atoms with Crippen LogP contribution in [-0.4, -0.2) is 12.2 Å². The largest absolute Gasteiger partial charge is 0.493 e. The highest BCUT2D eigenvalue weighted by Crippen LogP contribution is 2.35. The van der Waals surface area contributed by atoms with Crippen LogP contribution >= 0.6 is 11.6 Å². The molecule has 0 unspecified atom stereocenters. The number of nitrogens with zero attached hydrogens (tertiary/aromatic N) is 1. The van der Waals surface area contributed by atoms with Gasteiger partial charge >= 0.3 is 0 Å². The highest BCUT2D eigenvalue weighted by molar-refractivity contribution is 6.30. The second-order valence-corrected chi connectivity index (χ2v) is 4.79. The minimum absolute atomic E-state index is 0.204. The lowest BCUT2D eigenvalue weighted by atomic mass is 10.1. The van der Waals surface area contributed by atoms with Crippen molar-refractivity contribution < 1.29 is 14.6 Å². The molecule has 5 heteroatoms. The van der Waals surface area contributed by atoms with Crippen LogP contribution in [-0.2, 0) is 13.2 Å². The molecule has 0 saturated carbocycles. The second-order valence-electron chi connectivity index (χ2n) is 4.36. The van der Waals surface area contributed by atoms with Gasteiger partial charge in [-0.2, -0.15) is 5.26 Å². The normalized spacial score (nSPS) is 10.0. The van der Waals surface area contributed by atoms with Gasteiger partial charge in [0.25, 0.3) is 0 Å². The second kappa shape index (κ2) is 6.98. The Labute approximate surface area is 128 Å². The van der Waals surface area contributed by atoms with Crippen molar-refractivity contribution in [3.8, 4) is 17.6 Å². The third-order valence-electron chi connectivity index (χ3n) is 2.93. The van der Waals surface area contributed by atoms with E-state index in [1.165, 1.54) is 7.11 Å². The van der Waals surface area contributed by atoms with Crippen molar-refractivity contribution >= 4 is 11.6 Å². The van der Waals surface area contributed by atoms with E-state index >= 15 is 0 Å². The molecule has 21 heavy (non-hydrogen) atoms. The van der Waals surface area contributed by atoms with Crippen LogP contribution in [0.2, 0.25) is 5.02 Å². The summed E-state index contributed by atoms with van der Waals surface area (Å²) >= 11 is 5.95. The van der Waals surface area contributed by atoms with E-state index in [2.05, 4.69) is 6.07 Å². The third-order valence-corrected chi connectivity index (χ3v) is 3.14. The molecule has 0 aliphatic heterocycles. The zero-order valence-electron chi connectivity index (χ0n) is 11.5. The predicted molar refractivity (Wildman–Crippen MR) is 79.4 cm³/mol. The molecule has 0 amide bonds. The summed E-state index contributed by atoms with van der Waals surface area (Å²) < 4.78 is 11.0. The van der Waals surface area contributed by atoms with E-state index in [1.54, 1.807) is 30.3 Å². The molecule has 2 aromatic carbocycles. The molecule has 1 N–H and O–H groups in total. The van der Waals surface area contributed by atoms with Gasteiger partial charge < -0.3 is 14.6 Å². The third kappa shape index (κ3) is 3.66. The summed E-state index contributed by atoms with van der Waals surface area (Å²) in [5.41, 5.74) is 1.98. The van der Waals surface area contributed by atoms with Crippen molar-refractivity contribution in [2.75, 3.05) is 7.11 Å². The van der Waals surface area contributed by atoms with Crippen LogP contribution in [0.5, 0.6) is 11.5 Å². The molecule has 0 aliphatic carbocycles. The summed E-state index contributed by atoms with van der Waals surface area (Å²) in [7, 11) is 1.51. The van der Waals surface area contributed by atoms with Crippen molar-refractivity contribution in [2.45, 2.75) is 13.2 Å². The van der Waals surface area contributed by atoms with Crippen molar-refractivity contribution in [1.82, 2.24) is 0 Å². The van der Waals surface area contributed by atoms with Gasteiger partial charge in [0.15, 0.2) is 11.5 Å². The summed E-state index contributed by atoms with van der Waals surface area (Å²) in [6.45, 7) is 0.0605. The fourth-order valence-corrected chi connectivity index (χ4v) is 2.17. The summed E-state index contributed by atoms with van der Waals surface area (Å²) in [5, 5.41) is 18.8. The standard InChI is InChI=1S/C16H14ClNO3/c1-20-15-7-14(17)6-13(9-19)16(15)21-10-12-4-2-3-11(5-12)8-18/h2-7,19H,9-10H2,1H3. The molecule has 2 aromatic rings. The van der Waals surface area contributed by atoms with Gasteiger partial charge in [-0.15, -0.1) is 0 Å². The van der Waals surface area contributed by atoms with Crippen molar-refractivity contribution in [1.29, 1.82) is 5.26 Å². The van der Waals surface area contributed by atoms with E-state index in [9.17, 15) is 5.11 Å². The number of rotatable bonds is 5. The van der Waals surface area contributed by atoms with Gasteiger partial charge in [-0.3, -0.25) is 0 Å². The average molecular weight is 304 g/mol. The zero-order chi connectivity index (χ0) is 15.2. The van der Waals surface area contributed by atoms with Crippen LogP contribution in [0.3, 0.4) is 0 Å². The van der Waals surface area contributed by atoms with Crippen molar-refractivity contribution in [2.24, 2.45) is 0 Å². The quantitative estimate of drug-likeness (QED) is 0.920. The van der Waals surface area contributed by atoms with Crippen LogP contribution < -0.4 is 9.47 Å². The molecule has 0 spiro atoms. The maximum absolute atomic E-state index is 9.40. The van der Waals surface area contributed by atoms with E-state index in [0.29, 0.717) is 27.6 Å². The minimum atomic E-state index is -0.204. The first-order valence-corrected chi connectivity index (χ1v) is 6.65. The number of hydrogen-bond acceptors (Lipinski definition) is 4. The first kappa shape index (κ1) is 15.2. The first-order chi connectivity index (χ1) is 10.2. The number of methoxy groups -OCH3 is 1. The number of ether oxygens (including phenoxy) is 2. The topological polar surface area (TPSA) is 62.5 Å². The van der Waals surface area contributed by atoms with Gasteiger partial charge in [-0.25, -0.2) is 0 Å². The van der Waals surface area contributed by atoms with Crippen LogP contribution in [0.15, 0.2) is 36.4 Å². The number of aliphatic hydroxyl groups excluding tert-OH is 1. The summed E-state index contributed by atoms with van der Waals surface area (Å²) in [6.07, 6.45) is 0. The van der Waals surface area contributed by atoms with E-state index in [4.69, 9.17) is 26.3 Å². The predicted octanol–water partition coefficient (Wildman–Crippen LogP) is 3.29. The summed E-state index contributed by atoms with van der Waals surface area (Å²) in [5.74, 6) is 0.912. The maximum Gasteiger partial charge on any atom is 0.167 e. The molecule has 0 heterocycles. The average Bonchev–Trinajstić information content (AvgIpc) is 2.52. The number of hydrogen-bond donors (Lipinski definition) is 1. The molecule has 4 nitrogen and oxygen atoms in total. The molecule has 0 radical (unpaired) electrons. The Bertz CT molecular complexity index is 654. The molecule has 0 fully saturated rings. The Hall–Kier alpha value is -2.22. The molecule has 0 aliphatic rings. The Kier molecular flexibility index (Phi) is 5.04. The fraction of sp³-hybridized carbons (Fsp3) is 0.188. The molecular weight excluding hydrogens is 290 g/mol. The van der Waals surface area contributed by atoms with Crippen LogP contribution in [0, 0.1) is 11.3 Å². The number of nitriles is 1. The fourth-order valence-electron chi connectivity index (χ4n) is 1.94. The molecule has 108 valence electrons. The van der Waals surface area contributed by atoms with E-state index in [1.807, 2.05) is 6.07 Å². The van der Waals surface area contributed by atoms with Crippen LogP contribution in [0.4, 0.5) is 0 Å². The number of benzene rings is 2. The first-order valence-electron chi connectivity index (χ1n) is 6.27. The molecule has 0 aromatic heterocycles. The van der Waals surface area contributed by atoms with Gasteiger partial charge in [0.1, 0.15) is 6.61 Å². The van der Waals surface area contributed by atoms with E-state index in [-0.39, 0.29) is 13.2 Å². The number of halogens is 1. The number of aliphatic hydroxyl groups is 1. The van der Waals surface area contributed by atoms with Gasteiger partial charge in [-0.1, -0.05) is 23.7 Å². The smallest absolute Gasteiger partial charge is 0.167 e.